The van der Waals surface area contributed by atoms with Crippen molar-refractivity contribution in [3.8, 4) is 0 Å². The molecule has 0 rings (SSSR count). The molecule has 0 aromatic rings. The molecular formula is C5H13O2PS2. The molecule has 0 fully saturated rings. The van der Waals surface area contributed by atoms with Crippen LogP contribution in [0, 0.1) is 0 Å². The molecule has 0 aromatic carbocycles. The van der Waals surface area contributed by atoms with E-state index in [1.54, 1.807) is 0 Å². The van der Waals surface area contributed by atoms with Crippen LogP contribution in [0.25, 0.3) is 0 Å². The van der Waals surface area contributed by atoms with E-state index in [4.69, 9.17) is 16.3 Å². The van der Waals surface area contributed by atoms with Gasteiger partial charge in [0.05, 0.1) is 6.61 Å². The van der Waals surface area contributed by atoms with Crippen molar-refractivity contribution in [2.45, 2.75) is 26.0 Å². The Labute approximate surface area is 71.3 Å². The fraction of sp³-hybridized carbons (Fsp3) is 1.00. The third kappa shape index (κ3) is 5.69. The smallest absolute Gasteiger partial charge is 0.244 e. The minimum absolute atomic E-state index is 0.336. The predicted octanol–water partition coefficient (Wildman–Crippen LogP) is 2.38. The summed E-state index contributed by atoms with van der Waals surface area (Å²) in [4.78, 5) is 9.35. The van der Waals surface area contributed by atoms with Gasteiger partial charge < -0.3 is 9.42 Å². The fourth-order valence-electron chi connectivity index (χ4n) is 0.460. The highest BCUT2D eigenvalue weighted by atomic mass is 32.9. The van der Waals surface area contributed by atoms with Gasteiger partial charge in [-0.3, -0.25) is 0 Å². The summed E-state index contributed by atoms with van der Waals surface area (Å²) in [5.41, 5.74) is -2.50. The Hall–Kier alpha value is 0.920. The molecule has 1 atom stereocenters. The summed E-state index contributed by atoms with van der Waals surface area (Å²) in [5.74, 6) is 0. The second-order valence-electron chi connectivity index (χ2n) is 2.04. The van der Waals surface area contributed by atoms with Gasteiger partial charge in [0, 0.05) is 5.25 Å². The zero-order valence-electron chi connectivity index (χ0n) is 6.40. The van der Waals surface area contributed by atoms with Crippen LogP contribution in [0.1, 0.15) is 20.8 Å². The molecule has 1 unspecified atom stereocenters. The zero-order valence-corrected chi connectivity index (χ0v) is 8.93. The summed E-state index contributed by atoms with van der Waals surface area (Å²) in [7, 11) is 0. The largest absolute Gasteiger partial charge is 0.337 e. The van der Waals surface area contributed by atoms with Gasteiger partial charge >= 0.3 is 0 Å². The van der Waals surface area contributed by atoms with Gasteiger partial charge in [0.25, 0.3) is 0 Å². The van der Waals surface area contributed by atoms with Crippen LogP contribution < -0.4 is 0 Å². The van der Waals surface area contributed by atoms with E-state index in [9.17, 15) is 4.89 Å². The topological polar surface area (TPSA) is 29.5 Å². The molecule has 0 radical (unpaired) electrons. The SMILES string of the molecule is CCOP(O)(=S)SC(C)C. The lowest BCUT2D eigenvalue weighted by atomic mass is 10.6. The van der Waals surface area contributed by atoms with Crippen molar-refractivity contribution in [2.24, 2.45) is 0 Å². The van der Waals surface area contributed by atoms with Crippen LogP contribution in [0.2, 0.25) is 0 Å². The molecule has 10 heavy (non-hydrogen) atoms. The fourth-order valence-corrected chi connectivity index (χ4v) is 5.34. The Kier molecular flexibility index (Phi) is 5.16. The molecule has 0 bridgehead atoms. The van der Waals surface area contributed by atoms with E-state index in [-0.39, 0.29) is 0 Å². The van der Waals surface area contributed by atoms with Crippen LogP contribution in [0.4, 0.5) is 0 Å². The van der Waals surface area contributed by atoms with Crippen molar-refractivity contribution in [3.63, 3.8) is 0 Å². The Morgan fingerprint density at radius 2 is 2.20 bits per heavy atom. The summed E-state index contributed by atoms with van der Waals surface area (Å²) in [5, 5.41) is 0.336. The van der Waals surface area contributed by atoms with Crippen molar-refractivity contribution in [1.82, 2.24) is 0 Å². The maximum atomic E-state index is 9.35. The van der Waals surface area contributed by atoms with Gasteiger partial charge in [0.15, 0.2) is 0 Å². The van der Waals surface area contributed by atoms with Gasteiger partial charge in [-0.1, -0.05) is 25.2 Å². The summed E-state index contributed by atoms with van der Waals surface area (Å²) in [6.07, 6.45) is 0. The first-order chi connectivity index (χ1) is 4.48. The molecular weight excluding hydrogens is 187 g/mol. The van der Waals surface area contributed by atoms with Crippen molar-refractivity contribution in [3.05, 3.63) is 0 Å². The molecule has 62 valence electrons. The van der Waals surface area contributed by atoms with Crippen molar-refractivity contribution < 1.29 is 9.42 Å². The van der Waals surface area contributed by atoms with E-state index in [1.807, 2.05) is 20.8 Å². The summed E-state index contributed by atoms with van der Waals surface area (Å²) in [6, 6.07) is 0. The highest BCUT2D eigenvalue weighted by Crippen LogP contribution is 2.57. The Balaban J connectivity index is 3.75. The normalized spacial score (nSPS) is 17.3. The number of hydrogen-bond acceptors (Lipinski definition) is 3. The Morgan fingerprint density at radius 3 is 2.50 bits per heavy atom. The standard InChI is InChI=1S/C5H13O2PS2/c1-4-7-8(6,9)10-5(2)3/h5H,4H2,1-3H3,(H,6,9). The zero-order chi connectivity index (χ0) is 8.20. The lowest BCUT2D eigenvalue weighted by Crippen LogP contribution is -1.90. The van der Waals surface area contributed by atoms with E-state index in [2.05, 4.69) is 0 Å². The average Bonchev–Trinajstić information content (AvgIpc) is 1.59. The maximum absolute atomic E-state index is 9.35. The van der Waals surface area contributed by atoms with E-state index >= 15 is 0 Å². The van der Waals surface area contributed by atoms with Crippen molar-refractivity contribution in [1.29, 1.82) is 0 Å². The van der Waals surface area contributed by atoms with Crippen LogP contribution in [0.15, 0.2) is 0 Å². The molecule has 0 saturated carbocycles. The van der Waals surface area contributed by atoms with Crippen molar-refractivity contribution in [2.75, 3.05) is 6.61 Å². The Bertz CT molecular complexity index is 138. The quantitative estimate of drug-likeness (QED) is 0.705. The van der Waals surface area contributed by atoms with Gasteiger partial charge in [-0.15, -0.1) is 0 Å². The van der Waals surface area contributed by atoms with Crippen LogP contribution in [-0.2, 0) is 16.3 Å². The van der Waals surface area contributed by atoms with E-state index < -0.39 is 5.69 Å². The number of hydrogen-bond donors (Lipinski definition) is 1. The first-order valence-corrected chi connectivity index (χ1v) is 7.29. The van der Waals surface area contributed by atoms with E-state index in [0.29, 0.717) is 11.9 Å². The monoisotopic (exact) mass is 200 g/mol. The molecule has 5 heteroatoms. The maximum Gasteiger partial charge on any atom is 0.244 e. The van der Waals surface area contributed by atoms with E-state index in [1.165, 1.54) is 11.4 Å². The summed E-state index contributed by atoms with van der Waals surface area (Å²) < 4.78 is 4.98. The van der Waals surface area contributed by atoms with E-state index in [0.717, 1.165) is 0 Å². The average molecular weight is 200 g/mol. The molecule has 0 aromatic heterocycles. The van der Waals surface area contributed by atoms with Crippen LogP contribution >= 0.6 is 17.1 Å². The predicted molar refractivity (Wildman–Crippen MR) is 50.9 cm³/mol. The molecule has 0 saturated heterocycles. The third-order valence-corrected chi connectivity index (χ3v) is 5.38. The molecule has 0 heterocycles. The number of rotatable bonds is 4. The molecule has 0 spiro atoms. The van der Waals surface area contributed by atoms with Crippen LogP contribution in [0.3, 0.4) is 0 Å². The minimum Gasteiger partial charge on any atom is -0.337 e. The highest BCUT2D eigenvalue weighted by molar-refractivity contribution is 8.67. The molecule has 2 nitrogen and oxygen atoms in total. The van der Waals surface area contributed by atoms with Crippen molar-refractivity contribution >= 4 is 28.9 Å². The van der Waals surface area contributed by atoms with Gasteiger partial charge in [-0.2, -0.15) is 0 Å². The van der Waals surface area contributed by atoms with Crippen LogP contribution in [0.5, 0.6) is 0 Å². The lowest BCUT2D eigenvalue weighted by molar-refractivity contribution is 0.340. The lowest BCUT2D eigenvalue weighted by Gasteiger charge is -2.15. The first kappa shape index (κ1) is 10.9. The van der Waals surface area contributed by atoms with Gasteiger partial charge in [0.2, 0.25) is 5.69 Å². The molecule has 0 aliphatic heterocycles. The summed E-state index contributed by atoms with van der Waals surface area (Å²) in [6.45, 7) is 6.30. The van der Waals surface area contributed by atoms with Gasteiger partial charge in [0.1, 0.15) is 0 Å². The van der Waals surface area contributed by atoms with Gasteiger partial charge in [-0.25, -0.2) is 0 Å². The second-order valence-corrected chi connectivity index (χ2v) is 8.68. The second kappa shape index (κ2) is 4.73. The first-order valence-electron chi connectivity index (χ1n) is 3.13. The summed E-state index contributed by atoms with van der Waals surface area (Å²) >= 11 is 6.17. The highest BCUT2D eigenvalue weighted by Gasteiger charge is 2.14. The third-order valence-electron chi connectivity index (χ3n) is 0.636. The van der Waals surface area contributed by atoms with Gasteiger partial charge in [-0.05, 0) is 18.7 Å². The molecule has 0 amide bonds. The molecule has 1 N–H and O–H groups in total. The minimum atomic E-state index is -2.50. The molecule has 0 aliphatic carbocycles. The molecule has 0 aliphatic rings. The Morgan fingerprint density at radius 1 is 1.70 bits per heavy atom. The van der Waals surface area contributed by atoms with Crippen LogP contribution in [-0.4, -0.2) is 16.8 Å².